The van der Waals surface area contributed by atoms with Crippen LogP contribution < -0.4 is 5.73 Å². The Morgan fingerprint density at radius 3 is 2.76 bits per heavy atom. The molecular formula is C13H18N2O2. The molecule has 1 aliphatic rings. The molecule has 0 radical (unpaired) electrons. The molecule has 1 unspecified atom stereocenters. The van der Waals surface area contributed by atoms with Crippen LogP contribution in [0.5, 0.6) is 0 Å². The normalized spacial score (nSPS) is 18.6. The maximum absolute atomic E-state index is 11.5. The van der Waals surface area contributed by atoms with E-state index < -0.39 is 11.4 Å². The lowest BCUT2D eigenvalue weighted by Crippen LogP contribution is -2.41. The van der Waals surface area contributed by atoms with Crippen molar-refractivity contribution >= 4 is 5.97 Å². The Kier molecular flexibility index (Phi) is 3.43. The maximum atomic E-state index is 11.5. The highest BCUT2D eigenvalue weighted by atomic mass is 16.4. The number of nitrogens with zero attached hydrogens (tertiary/aromatic N) is 1. The Hall–Kier alpha value is -1.42. The molecule has 4 nitrogen and oxygen atoms in total. The van der Waals surface area contributed by atoms with Crippen molar-refractivity contribution in [3.8, 4) is 0 Å². The van der Waals surface area contributed by atoms with E-state index in [0.717, 1.165) is 18.5 Å². The molecule has 0 aliphatic heterocycles. The van der Waals surface area contributed by atoms with Gasteiger partial charge in [0.2, 0.25) is 0 Å². The van der Waals surface area contributed by atoms with E-state index in [9.17, 15) is 9.90 Å². The van der Waals surface area contributed by atoms with Gasteiger partial charge in [-0.05, 0) is 24.5 Å². The van der Waals surface area contributed by atoms with Crippen LogP contribution in [0.2, 0.25) is 0 Å². The van der Waals surface area contributed by atoms with Gasteiger partial charge in [0.05, 0.1) is 5.41 Å². The number of nitrogens with two attached hydrogens (primary N) is 1. The Bertz CT molecular complexity index is 390. The lowest BCUT2D eigenvalue weighted by Gasteiger charge is -2.27. The van der Waals surface area contributed by atoms with E-state index in [4.69, 9.17) is 5.73 Å². The molecule has 92 valence electrons. The van der Waals surface area contributed by atoms with Crippen molar-refractivity contribution < 1.29 is 9.90 Å². The second-order valence-corrected chi connectivity index (χ2v) is 4.93. The molecule has 0 aromatic carbocycles. The van der Waals surface area contributed by atoms with Crippen LogP contribution in [0.4, 0.5) is 0 Å². The second kappa shape index (κ2) is 4.84. The van der Waals surface area contributed by atoms with Crippen molar-refractivity contribution in [2.24, 2.45) is 17.1 Å². The molecule has 1 atom stereocenters. The molecule has 0 bridgehead atoms. The maximum Gasteiger partial charge on any atom is 0.311 e. The predicted octanol–water partition coefficient (Wildman–Crippen LogP) is 1.45. The van der Waals surface area contributed by atoms with Crippen LogP contribution in [-0.2, 0) is 11.2 Å². The van der Waals surface area contributed by atoms with Crippen molar-refractivity contribution in [1.82, 2.24) is 4.98 Å². The third-order valence-electron chi connectivity index (χ3n) is 3.47. The molecule has 2 rings (SSSR count). The number of hydrogen-bond donors (Lipinski definition) is 2. The number of carbonyl (C=O) groups is 1. The molecule has 0 amide bonds. The van der Waals surface area contributed by atoms with Gasteiger partial charge >= 0.3 is 5.97 Å². The summed E-state index contributed by atoms with van der Waals surface area (Å²) in [5.41, 5.74) is 5.69. The van der Waals surface area contributed by atoms with Gasteiger partial charge in [0, 0.05) is 24.9 Å². The Balaban J connectivity index is 2.16. The van der Waals surface area contributed by atoms with Gasteiger partial charge in [-0.25, -0.2) is 0 Å². The molecule has 17 heavy (non-hydrogen) atoms. The lowest BCUT2D eigenvalue weighted by molar-refractivity contribution is -0.149. The highest BCUT2D eigenvalue weighted by Crippen LogP contribution is 2.41. The number of carboxylic acids is 1. The predicted molar refractivity (Wildman–Crippen MR) is 64.4 cm³/mol. The van der Waals surface area contributed by atoms with Crippen molar-refractivity contribution in [2.75, 3.05) is 6.54 Å². The fourth-order valence-corrected chi connectivity index (χ4v) is 2.20. The van der Waals surface area contributed by atoms with Crippen LogP contribution in [0.1, 0.15) is 25.0 Å². The molecular weight excluding hydrogens is 216 g/mol. The molecule has 1 aromatic rings. The van der Waals surface area contributed by atoms with E-state index in [0.29, 0.717) is 18.8 Å². The molecule has 1 heterocycles. The lowest BCUT2D eigenvalue weighted by atomic mass is 9.78. The zero-order chi connectivity index (χ0) is 12.3. The minimum absolute atomic E-state index is 0.176. The molecule has 0 spiro atoms. The van der Waals surface area contributed by atoms with E-state index >= 15 is 0 Å². The van der Waals surface area contributed by atoms with Crippen molar-refractivity contribution in [3.05, 3.63) is 30.1 Å². The van der Waals surface area contributed by atoms with E-state index in [-0.39, 0.29) is 6.54 Å². The Labute approximate surface area is 101 Å². The highest BCUT2D eigenvalue weighted by Gasteiger charge is 2.42. The summed E-state index contributed by atoms with van der Waals surface area (Å²) in [5, 5.41) is 9.45. The average Bonchev–Trinajstić information content (AvgIpc) is 3.13. The van der Waals surface area contributed by atoms with Gasteiger partial charge in [-0.3, -0.25) is 9.78 Å². The first-order valence-corrected chi connectivity index (χ1v) is 6.00. The van der Waals surface area contributed by atoms with E-state index in [1.165, 1.54) is 0 Å². The topological polar surface area (TPSA) is 76.2 Å². The minimum Gasteiger partial charge on any atom is -0.481 e. The summed E-state index contributed by atoms with van der Waals surface area (Å²) < 4.78 is 0. The summed E-state index contributed by atoms with van der Waals surface area (Å²) in [6.45, 7) is 0.176. The highest BCUT2D eigenvalue weighted by molar-refractivity contribution is 5.75. The molecule has 1 aliphatic carbocycles. The van der Waals surface area contributed by atoms with E-state index in [2.05, 4.69) is 4.98 Å². The largest absolute Gasteiger partial charge is 0.481 e. The SMILES string of the molecule is NCC(Cc1ccccn1)(CC1CC1)C(=O)O. The van der Waals surface area contributed by atoms with Gasteiger partial charge < -0.3 is 10.8 Å². The van der Waals surface area contributed by atoms with Gasteiger partial charge in [0.1, 0.15) is 0 Å². The number of pyridine rings is 1. The van der Waals surface area contributed by atoms with Crippen LogP contribution in [0.25, 0.3) is 0 Å². The minimum atomic E-state index is -0.838. The quantitative estimate of drug-likeness (QED) is 0.781. The number of aromatic nitrogens is 1. The van der Waals surface area contributed by atoms with E-state index in [1.54, 1.807) is 6.20 Å². The molecule has 0 saturated heterocycles. The zero-order valence-corrected chi connectivity index (χ0v) is 9.80. The van der Waals surface area contributed by atoms with Crippen LogP contribution in [0, 0.1) is 11.3 Å². The molecule has 1 aromatic heterocycles. The number of hydrogen-bond acceptors (Lipinski definition) is 3. The number of rotatable bonds is 6. The van der Waals surface area contributed by atoms with Crippen LogP contribution in [0.3, 0.4) is 0 Å². The van der Waals surface area contributed by atoms with E-state index in [1.807, 2.05) is 18.2 Å². The van der Waals surface area contributed by atoms with Crippen molar-refractivity contribution in [3.63, 3.8) is 0 Å². The van der Waals surface area contributed by atoms with Crippen LogP contribution in [-0.4, -0.2) is 22.6 Å². The van der Waals surface area contributed by atoms with Gasteiger partial charge in [-0.1, -0.05) is 18.9 Å². The number of aliphatic carboxylic acids is 1. The fourth-order valence-electron chi connectivity index (χ4n) is 2.20. The number of carboxylic acid groups (broad SMARTS) is 1. The van der Waals surface area contributed by atoms with Gasteiger partial charge in [0.25, 0.3) is 0 Å². The average molecular weight is 234 g/mol. The summed E-state index contributed by atoms with van der Waals surface area (Å²) in [5.74, 6) is -0.254. The first kappa shape index (κ1) is 12.0. The first-order valence-electron chi connectivity index (χ1n) is 6.00. The summed E-state index contributed by atoms with van der Waals surface area (Å²) in [4.78, 5) is 15.7. The van der Waals surface area contributed by atoms with Gasteiger partial charge in [0.15, 0.2) is 0 Å². The second-order valence-electron chi connectivity index (χ2n) is 4.93. The zero-order valence-electron chi connectivity index (χ0n) is 9.80. The molecule has 4 heteroatoms. The smallest absolute Gasteiger partial charge is 0.311 e. The van der Waals surface area contributed by atoms with Crippen molar-refractivity contribution in [1.29, 1.82) is 0 Å². The Morgan fingerprint density at radius 1 is 1.53 bits per heavy atom. The summed E-state index contributed by atoms with van der Waals surface area (Å²) in [6.07, 6.45) is 5.07. The van der Waals surface area contributed by atoms with Crippen LogP contribution in [0.15, 0.2) is 24.4 Å². The molecule has 3 N–H and O–H groups in total. The molecule has 1 saturated carbocycles. The van der Waals surface area contributed by atoms with Gasteiger partial charge in [-0.15, -0.1) is 0 Å². The fraction of sp³-hybridized carbons (Fsp3) is 0.538. The van der Waals surface area contributed by atoms with Crippen LogP contribution >= 0.6 is 0 Å². The summed E-state index contributed by atoms with van der Waals surface area (Å²) in [6, 6.07) is 5.57. The molecule has 1 fully saturated rings. The standard InChI is InChI=1S/C13H18N2O2/c14-9-13(12(16)17,7-10-4-5-10)8-11-3-1-2-6-15-11/h1-3,6,10H,4-5,7-9,14H2,(H,16,17). The van der Waals surface area contributed by atoms with Gasteiger partial charge in [-0.2, -0.15) is 0 Å². The Morgan fingerprint density at radius 2 is 2.29 bits per heavy atom. The first-order chi connectivity index (χ1) is 8.16. The summed E-state index contributed by atoms with van der Waals surface area (Å²) >= 11 is 0. The third-order valence-corrected chi connectivity index (χ3v) is 3.47. The monoisotopic (exact) mass is 234 g/mol. The third kappa shape index (κ3) is 2.82. The summed E-state index contributed by atoms with van der Waals surface area (Å²) in [7, 11) is 0. The van der Waals surface area contributed by atoms with Crippen molar-refractivity contribution in [2.45, 2.75) is 25.7 Å².